The molecule has 152 valence electrons. The zero-order valence-corrected chi connectivity index (χ0v) is 17.6. The molecule has 0 saturated heterocycles. The minimum Gasteiger partial charge on any atom is -0.454 e. The lowest BCUT2D eigenvalue weighted by atomic mass is 9.83. The lowest BCUT2D eigenvalue weighted by Gasteiger charge is -2.23. The zero-order chi connectivity index (χ0) is 21.5. The van der Waals surface area contributed by atoms with Crippen LogP contribution < -0.4 is 4.90 Å². The molecule has 0 fully saturated rings. The van der Waals surface area contributed by atoms with Gasteiger partial charge in [-0.1, -0.05) is 50.2 Å². The fourth-order valence-corrected chi connectivity index (χ4v) is 4.14. The largest absolute Gasteiger partial charge is 0.454 e. The Balaban J connectivity index is 1.53. The molecule has 0 N–H and O–H groups in total. The Morgan fingerprint density at radius 1 is 1.10 bits per heavy atom. The number of benzene rings is 2. The third-order valence-electron chi connectivity index (χ3n) is 5.65. The number of aromatic nitrogens is 1. The van der Waals surface area contributed by atoms with Crippen LogP contribution in [0.15, 0.2) is 66.4 Å². The number of esters is 1. The smallest absolute Gasteiger partial charge is 0.339 e. The van der Waals surface area contributed by atoms with Gasteiger partial charge in [-0.3, -0.25) is 9.78 Å². The van der Waals surface area contributed by atoms with Crippen molar-refractivity contribution in [1.82, 2.24) is 4.98 Å². The first-order chi connectivity index (χ1) is 14.3. The molecule has 5 heteroatoms. The number of pyridine rings is 1. The number of para-hydroxylation sites is 2. The van der Waals surface area contributed by atoms with Gasteiger partial charge in [-0.2, -0.15) is 0 Å². The Hall–Kier alpha value is -3.47. The lowest BCUT2D eigenvalue weighted by Crippen LogP contribution is -2.25. The molecule has 0 bridgehead atoms. The van der Waals surface area contributed by atoms with Gasteiger partial charge in [0, 0.05) is 41.0 Å². The molecule has 30 heavy (non-hydrogen) atoms. The Labute approximate surface area is 176 Å². The van der Waals surface area contributed by atoms with Crippen LogP contribution in [0.4, 0.5) is 5.69 Å². The van der Waals surface area contributed by atoms with E-state index >= 15 is 0 Å². The van der Waals surface area contributed by atoms with Crippen molar-refractivity contribution in [3.8, 4) is 0 Å². The van der Waals surface area contributed by atoms with Crippen molar-refractivity contribution in [2.45, 2.75) is 26.2 Å². The van der Waals surface area contributed by atoms with E-state index in [9.17, 15) is 9.59 Å². The van der Waals surface area contributed by atoms with E-state index in [0.717, 1.165) is 22.6 Å². The second-order valence-electron chi connectivity index (χ2n) is 8.10. The molecule has 5 nitrogen and oxygen atoms in total. The van der Waals surface area contributed by atoms with E-state index in [1.807, 2.05) is 61.3 Å². The summed E-state index contributed by atoms with van der Waals surface area (Å²) in [6.45, 7) is 5.70. The molecule has 3 aromatic rings. The number of ether oxygens (including phenoxy) is 1. The van der Waals surface area contributed by atoms with Crippen LogP contribution in [0.3, 0.4) is 0 Å². The summed E-state index contributed by atoms with van der Waals surface area (Å²) in [4.78, 5) is 31.8. The summed E-state index contributed by atoms with van der Waals surface area (Å²) in [5.41, 5.74) is 4.70. The van der Waals surface area contributed by atoms with Gasteiger partial charge in [0.05, 0.1) is 11.1 Å². The highest BCUT2D eigenvalue weighted by Gasteiger charge is 2.38. The van der Waals surface area contributed by atoms with Crippen molar-refractivity contribution in [2.24, 2.45) is 0 Å². The summed E-state index contributed by atoms with van der Waals surface area (Å²) < 4.78 is 5.36. The Morgan fingerprint density at radius 3 is 2.57 bits per heavy atom. The molecular formula is C25H24N2O3. The van der Waals surface area contributed by atoms with Crippen LogP contribution in [0.1, 0.15) is 35.5 Å². The quantitative estimate of drug-likeness (QED) is 0.474. The highest BCUT2D eigenvalue weighted by Crippen LogP contribution is 2.46. The highest BCUT2D eigenvalue weighted by molar-refractivity contribution is 6.04. The summed E-state index contributed by atoms with van der Waals surface area (Å²) in [7, 11) is 1.95. The van der Waals surface area contributed by atoms with E-state index < -0.39 is 5.97 Å². The molecule has 1 aliphatic rings. The third kappa shape index (κ3) is 3.36. The SMILES string of the molecule is Cc1cc(C(=O)OCC(=O)C=C2N(C)c3ccccc3C2(C)C)c2ccccc2n1. The monoisotopic (exact) mass is 400 g/mol. The van der Waals surface area contributed by atoms with Crippen molar-refractivity contribution in [3.63, 3.8) is 0 Å². The van der Waals surface area contributed by atoms with Gasteiger partial charge in [-0.15, -0.1) is 0 Å². The lowest BCUT2D eigenvalue weighted by molar-refractivity contribution is -0.117. The van der Waals surface area contributed by atoms with Crippen LogP contribution in [0.2, 0.25) is 0 Å². The second-order valence-corrected chi connectivity index (χ2v) is 8.10. The first kappa shape index (κ1) is 19.8. The van der Waals surface area contributed by atoms with E-state index in [-0.39, 0.29) is 17.8 Å². The Bertz CT molecular complexity index is 1190. The standard InChI is InChI=1S/C25H24N2O3/c1-16-13-19(18-9-5-7-11-21(18)26-16)24(29)30-15-17(28)14-23-25(2,3)20-10-6-8-12-22(20)27(23)4/h5-14H,15H2,1-4H3. The maximum atomic E-state index is 12.7. The average molecular weight is 400 g/mol. The first-order valence-corrected chi connectivity index (χ1v) is 9.91. The number of allylic oxidation sites excluding steroid dienone is 1. The van der Waals surface area contributed by atoms with Gasteiger partial charge in [0.25, 0.3) is 0 Å². The number of carbonyl (C=O) groups is 2. The molecule has 0 aliphatic carbocycles. The number of fused-ring (bicyclic) bond motifs is 2. The van der Waals surface area contributed by atoms with Gasteiger partial charge in [0.15, 0.2) is 12.4 Å². The van der Waals surface area contributed by atoms with Crippen molar-refractivity contribution in [2.75, 3.05) is 18.6 Å². The van der Waals surface area contributed by atoms with Crippen molar-refractivity contribution >= 4 is 28.3 Å². The molecule has 1 aromatic heterocycles. The van der Waals surface area contributed by atoms with Gasteiger partial charge in [-0.05, 0) is 30.7 Å². The van der Waals surface area contributed by atoms with E-state index in [1.165, 1.54) is 5.56 Å². The third-order valence-corrected chi connectivity index (χ3v) is 5.65. The number of hydrogen-bond acceptors (Lipinski definition) is 5. The normalized spacial score (nSPS) is 16.0. The number of ketones is 1. The molecule has 0 radical (unpaired) electrons. The topological polar surface area (TPSA) is 59.5 Å². The first-order valence-electron chi connectivity index (χ1n) is 9.91. The minimum absolute atomic E-state index is 0.249. The number of likely N-dealkylation sites (N-methyl/N-ethyl adjacent to an activating group) is 1. The number of aryl methyl sites for hydroxylation is 1. The zero-order valence-electron chi connectivity index (χ0n) is 17.6. The molecule has 0 unspecified atom stereocenters. The van der Waals surface area contributed by atoms with Crippen molar-refractivity contribution < 1.29 is 14.3 Å². The molecule has 2 aromatic carbocycles. The van der Waals surface area contributed by atoms with E-state index in [0.29, 0.717) is 10.9 Å². The second kappa shape index (κ2) is 7.41. The van der Waals surface area contributed by atoms with E-state index in [1.54, 1.807) is 12.1 Å². The van der Waals surface area contributed by atoms with Crippen LogP contribution in [0.5, 0.6) is 0 Å². The van der Waals surface area contributed by atoms with Gasteiger partial charge in [-0.25, -0.2) is 4.79 Å². The highest BCUT2D eigenvalue weighted by atomic mass is 16.5. The fraction of sp³-hybridized carbons (Fsp3) is 0.240. The van der Waals surface area contributed by atoms with Crippen LogP contribution in [0.25, 0.3) is 10.9 Å². The van der Waals surface area contributed by atoms with Gasteiger partial charge in [0.1, 0.15) is 0 Å². The number of hydrogen-bond donors (Lipinski definition) is 0. The van der Waals surface area contributed by atoms with Crippen LogP contribution >= 0.6 is 0 Å². The number of carbonyl (C=O) groups excluding carboxylic acids is 2. The van der Waals surface area contributed by atoms with E-state index in [2.05, 4.69) is 24.9 Å². The van der Waals surface area contributed by atoms with Crippen molar-refractivity contribution in [3.05, 3.63) is 83.2 Å². The summed E-state index contributed by atoms with van der Waals surface area (Å²) in [6.07, 6.45) is 1.59. The fourth-order valence-electron chi connectivity index (χ4n) is 4.14. The molecule has 0 atom stereocenters. The van der Waals surface area contributed by atoms with Gasteiger partial charge in [0.2, 0.25) is 0 Å². The molecule has 0 amide bonds. The number of nitrogens with zero attached hydrogens (tertiary/aromatic N) is 2. The average Bonchev–Trinajstić information content (AvgIpc) is 2.92. The number of anilines is 1. The summed E-state index contributed by atoms with van der Waals surface area (Å²) in [6, 6.07) is 17.2. The molecule has 2 heterocycles. The predicted molar refractivity (Wildman–Crippen MR) is 118 cm³/mol. The van der Waals surface area contributed by atoms with Crippen LogP contribution in [-0.4, -0.2) is 30.4 Å². The predicted octanol–water partition coefficient (Wildman–Crippen LogP) is 4.58. The van der Waals surface area contributed by atoms with Crippen LogP contribution in [0, 0.1) is 6.92 Å². The number of rotatable bonds is 4. The van der Waals surface area contributed by atoms with E-state index in [4.69, 9.17) is 4.74 Å². The van der Waals surface area contributed by atoms with Crippen LogP contribution in [-0.2, 0) is 14.9 Å². The molecule has 4 rings (SSSR count). The summed E-state index contributed by atoms with van der Waals surface area (Å²) in [5, 5.41) is 0.714. The Kier molecular flexibility index (Phi) is 4.90. The molecule has 0 spiro atoms. The maximum Gasteiger partial charge on any atom is 0.339 e. The molecule has 0 saturated carbocycles. The Morgan fingerprint density at radius 2 is 1.80 bits per heavy atom. The van der Waals surface area contributed by atoms with Crippen molar-refractivity contribution in [1.29, 1.82) is 0 Å². The maximum absolute atomic E-state index is 12.7. The summed E-state index contributed by atoms with van der Waals surface area (Å²) >= 11 is 0. The summed E-state index contributed by atoms with van der Waals surface area (Å²) in [5.74, 6) is -0.771. The van der Waals surface area contributed by atoms with Gasteiger partial charge >= 0.3 is 5.97 Å². The molecule has 1 aliphatic heterocycles. The van der Waals surface area contributed by atoms with Gasteiger partial charge < -0.3 is 9.64 Å². The molecular weight excluding hydrogens is 376 g/mol. The minimum atomic E-state index is -0.522.